The van der Waals surface area contributed by atoms with E-state index >= 15 is 0 Å². The number of hydrogen-bond acceptors (Lipinski definition) is 3. The predicted molar refractivity (Wildman–Crippen MR) is 75.1 cm³/mol. The van der Waals surface area contributed by atoms with E-state index in [1.54, 1.807) is 16.7 Å². The summed E-state index contributed by atoms with van der Waals surface area (Å²) in [4.78, 5) is 24.2. The number of carbonyl (C=O) groups excluding carboxylic acids is 1. The van der Waals surface area contributed by atoms with Gasteiger partial charge < -0.3 is 15.3 Å². The molecule has 0 spiro atoms. The van der Waals surface area contributed by atoms with E-state index < -0.39 is 5.97 Å². The molecule has 1 atom stereocenters. The Hall–Kier alpha value is -0.910. The van der Waals surface area contributed by atoms with Crippen LogP contribution < -0.4 is 5.32 Å². The molecular weight excluding hydrogens is 252 g/mol. The van der Waals surface area contributed by atoms with Crippen LogP contribution in [-0.2, 0) is 4.79 Å². The molecule has 0 aromatic heterocycles. The summed E-state index contributed by atoms with van der Waals surface area (Å²) in [5.74, 6) is -0.894. The van der Waals surface area contributed by atoms with Gasteiger partial charge in [-0.2, -0.15) is 11.8 Å². The highest BCUT2D eigenvalue weighted by Gasteiger charge is 2.26. The van der Waals surface area contributed by atoms with E-state index in [1.807, 2.05) is 34.0 Å². The summed E-state index contributed by atoms with van der Waals surface area (Å²) in [6.07, 6.45) is 1.95. The zero-order valence-corrected chi connectivity index (χ0v) is 12.6. The minimum Gasteiger partial charge on any atom is -0.481 e. The number of thioether (sulfide) groups is 1. The maximum Gasteiger partial charge on any atom is 0.317 e. The summed E-state index contributed by atoms with van der Waals surface area (Å²) in [6.45, 7) is 8.52. The molecule has 0 aromatic carbocycles. The van der Waals surface area contributed by atoms with Crippen molar-refractivity contribution in [1.82, 2.24) is 10.2 Å². The third-order valence-electron chi connectivity index (χ3n) is 2.55. The molecule has 2 amide bonds. The van der Waals surface area contributed by atoms with Gasteiger partial charge in [0.2, 0.25) is 0 Å². The SMILES string of the molecule is CSC(C)CNC(=O)N(CCC(=O)O)C(C)(C)C. The molecule has 0 aromatic rings. The monoisotopic (exact) mass is 276 g/mol. The van der Waals surface area contributed by atoms with E-state index in [0.29, 0.717) is 11.8 Å². The number of carboxylic acids is 1. The van der Waals surface area contributed by atoms with Gasteiger partial charge in [0.25, 0.3) is 0 Å². The Morgan fingerprint density at radius 1 is 1.39 bits per heavy atom. The molecule has 106 valence electrons. The number of nitrogens with zero attached hydrogens (tertiary/aromatic N) is 1. The van der Waals surface area contributed by atoms with Crippen molar-refractivity contribution < 1.29 is 14.7 Å². The third-order valence-corrected chi connectivity index (χ3v) is 3.52. The first-order valence-electron chi connectivity index (χ1n) is 5.98. The topological polar surface area (TPSA) is 69.6 Å². The largest absolute Gasteiger partial charge is 0.481 e. The second-order valence-electron chi connectivity index (χ2n) is 5.20. The first kappa shape index (κ1) is 17.1. The Bertz CT molecular complexity index is 290. The Kier molecular flexibility index (Phi) is 7.13. The first-order valence-corrected chi connectivity index (χ1v) is 7.27. The van der Waals surface area contributed by atoms with Crippen molar-refractivity contribution in [3.8, 4) is 0 Å². The van der Waals surface area contributed by atoms with Gasteiger partial charge in [0.05, 0.1) is 6.42 Å². The summed E-state index contributed by atoms with van der Waals surface area (Å²) in [5, 5.41) is 11.9. The van der Waals surface area contributed by atoms with Gasteiger partial charge in [-0.3, -0.25) is 4.79 Å². The van der Waals surface area contributed by atoms with Crippen LogP contribution in [-0.4, -0.2) is 52.1 Å². The summed E-state index contributed by atoms with van der Waals surface area (Å²) >= 11 is 1.68. The molecule has 0 aliphatic heterocycles. The van der Waals surface area contributed by atoms with Crippen LogP contribution in [0.3, 0.4) is 0 Å². The van der Waals surface area contributed by atoms with Gasteiger partial charge >= 0.3 is 12.0 Å². The minimum absolute atomic E-state index is 0.0389. The quantitative estimate of drug-likeness (QED) is 0.778. The van der Waals surface area contributed by atoms with E-state index in [9.17, 15) is 9.59 Å². The number of urea groups is 1. The van der Waals surface area contributed by atoms with Gasteiger partial charge in [-0.15, -0.1) is 0 Å². The Morgan fingerprint density at radius 2 is 1.94 bits per heavy atom. The van der Waals surface area contributed by atoms with Crippen molar-refractivity contribution >= 4 is 23.8 Å². The van der Waals surface area contributed by atoms with Crippen molar-refractivity contribution in [2.75, 3.05) is 19.3 Å². The van der Waals surface area contributed by atoms with E-state index in [2.05, 4.69) is 5.32 Å². The number of carboxylic acid groups (broad SMARTS) is 1. The van der Waals surface area contributed by atoms with Crippen molar-refractivity contribution in [3.05, 3.63) is 0 Å². The van der Waals surface area contributed by atoms with Gasteiger partial charge in [0, 0.05) is 23.9 Å². The van der Waals surface area contributed by atoms with Crippen molar-refractivity contribution in [1.29, 1.82) is 0 Å². The average molecular weight is 276 g/mol. The zero-order chi connectivity index (χ0) is 14.3. The summed E-state index contributed by atoms with van der Waals surface area (Å²) in [6, 6.07) is -0.204. The Balaban J connectivity index is 4.46. The number of carbonyl (C=O) groups is 2. The fraction of sp³-hybridized carbons (Fsp3) is 0.833. The number of hydrogen-bond donors (Lipinski definition) is 2. The molecule has 0 fully saturated rings. The van der Waals surface area contributed by atoms with Crippen molar-refractivity contribution in [2.45, 2.75) is 44.9 Å². The second kappa shape index (κ2) is 7.51. The number of aliphatic carboxylic acids is 1. The molecular formula is C12H24N2O3S. The molecule has 6 heteroatoms. The van der Waals surface area contributed by atoms with Crippen LogP contribution in [0.15, 0.2) is 0 Å². The van der Waals surface area contributed by atoms with Gasteiger partial charge in [-0.25, -0.2) is 4.79 Å². The highest BCUT2D eigenvalue weighted by atomic mass is 32.2. The average Bonchev–Trinajstić information content (AvgIpc) is 2.23. The van der Waals surface area contributed by atoms with Crippen LogP contribution in [0.5, 0.6) is 0 Å². The van der Waals surface area contributed by atoms with Crippen LogP contribution >= 0.6 is 11.8 Å². The first-order chi connectivity index (χ1) is 8.18. The smallest absolute Gasteiger partial charge is 0.317 e. The van der Waals surface area contributed by atoms with Crippen LogP contribution in [0, 0.1) is 0 Å². The summed E-state index contributed by atoms with van der Waals surface area (Å²) < 4.78 is 0. The molecule has 0 saturated heterocycles. The highest BCUT2D eigenvalue weighted by Crippen LogP contribution is 2.14. The number of rotatable bonds is 6. The molecule has 1 unspecified atom stereocenters. The molecule has 0 rings (SSSR count). The van der Waals surface area contributed by atoms with E-state index in [-0.39, 0.29) is 24.5 Å². The summed E-state index contributed by atoms with van der Waals surface area (Å²) in [7, 11) is 0. The number of nitrogens with one attached hydrogen (secondary N) is 1. The lowest BCUT2D eigenvalue weighted by atomic mass is 10.1. The maximum absolute atomic E-state index is 12.0. The van der Waals surface area contributed by atoms with Crippen LogP contribution in [0.1, 0.15) is 34.1 Å². The lowest BCUT2D eigenvalue weighted by molar-refractivity contribution is -0.137. The van der Waals surface area contributed by atoms with Gasteiger partial charge in [0.1, 0.15) is 0 Å². The molecule has 0 bridgehead atoms. The van der Waals surface area contributed by atoms with Gasteiger partial charge in [-0.05, 0) is 27.0 Å². The Labute approximate surface area is 113 Å². The summed E-state index contributed by atoms with van der Waals surface area (Å²) in [5.41, 5.74) is -0.387. The number of amides is 2. The Morgan fingerprint density at radius 3 is 2.33 bits per heavy atom. The zero-order valence-electron chi connectivity index (χ0n) is 11.8. The van der Waals surface area contributed by atoms with E-state index in [1.165, 1.54) is 0 Å². The minimum atomic E-state index is -0.894. The molecule has 0 aliphatic carbocycles. The fourth-order valence-electron chi connectivity index (χ4n) is 1.36. The van der Waals surface area contributed by atoms with Gasteiger partial charge in [-0.1, -0.05) is 6.92 Å². The molecule has 5 nitrogen and oxygen atoms in total. The molecule has 18 heavy (non-hydrogen) atoms. The normalized spacial score (nSPS) is 12.9. The van der Waals surface area contributed by atoms with Gasteiger partial charge in [0.15, 0.2) is 0 Å². The standard InChI is InChI=1S/C12H24N2O3S/c1-9(18-5)8-13-11(17)14(12(2,3)4)7-6-10(15)16/h9H,6-8H2,1-5H3,(H,13,17)(H,15,16). The predicted octanol–water partition coefficient (Wildman–Crippen LogP) is 2.02. The van der Waals surface area contributed by atoms with Crippen molar-refractivity contribution in [3.63, 3.8) is 0 Å². The lowest BCUT2D eigenvalue weighted by Gasteiger charge is -2.35. The van der Waals surface area contributed by atoms with Crippen LogP contribution in [0.2, 0.25) is 0 Å². The van der Waals surface area contributed by atoms with Crippen LogP contribution in [0.25, 0.3) is 0 Å². The van der Waals surface area contributed by atoms with Crippen molar-refractivity contribution in [2.24, 2.45) is 0 Å². The molecule has 2 N–H and O–H groups in total. The lowest BCUT2D eigenvalue weighted by Crippen LogP contribution is -2.52. The third kappa shape index (κ3) is 6.74. The van der Waals surface area contributed by atoms with Crippen LogP contribution in [0.4, 0.5) is 4.79 Å². The maximum atomic E-state index is 12.0. The van der Waals surface area contributed by atoms with E-state index in [4.69, 9.17) is 5.11 Å². The molecule has 0 saturated carbocycles. The second-order valence-corrected chi connectivity index (χ2v) is 6.47. The van der Waals surface area contributed by atoms with E-state index in [0.717, 1.165) is 0 Å². The molecule has 0 aliphatic rings. The highest BCUT2D eigenvalue weighted by molar-refractivity contribution is 7.99. The fourth-order valence-corrected chi connectivity index (χ4v) is 1.61. The molecule has 0 heterocycles. The molecule has 0 radical (unpaired) electrons.